The van der Waals surface area contributed by atoms with Crippen molar-refractivity contribution in [3.8, 4) is 0 Å². The van der Waals surface area contributed by atoms with Crippen molar-refractivity contribution in [3.05, 3.63) is 64.7 Å². The van der Waals surface area contributed by atoms with Gasteiger partial charge in [-0.15, -0.1) is 0 Å². The monoisotopic (exact) mass is 339 g/mol. The first-order valence-corrected chi connectivity index (χ1v) is 7.34. The molecular formula is C17H13ClF3NO. The van der Waals surface area contributed by atoms with Crippen LogP contribution in [0.15, 0.2) is 48.5 Å². The lowest BCUT2D eigenvalue weighted by atomic mass is 9.75. The molecule has 0 N–H and O–H groups in total. The molecule has 0 saturated carbocycles. The molecule has 1 heterocycles. The molecule has 0 fully saturated rings. The zero-order valence-corrected chi connectivity index (χ0v) is 12.9. The summed E-state index contributed by atoms with van der Waals surface area (Å²) in [6, 6.07) is 12.1. The number of likely N-dealkylation sites (N-methyl/N-ethyl adjacent to an activating group) is 1. The third kappa shape index (κ3) is 2.30. The lowest BCUT2D eigenvalue weighted by Gasteiger charge is -2.31. The highest BCUT2D eigenvalue weighted by atomic mass is 35.5. The van der Waals surface area contributed by atoms with Gasteiger partial charge in [0, 0.05) is 23.3 Å². The lowest BCUT2D eigenvalue weighted by Crippen LogP contribution is -2.51. The summed E-state index contributed by atoms with van der Waals surface area (Å²) < 4.78 is 42.0. The second kappa shape index (κ2) is 5.27. The molecule has 0 radical (unpaired) electrons. The normalized spacial score (nSPS) is 20.7. The van der Waals surface area contributed by atoms with Crippen LogP contribution in [0.2, 0.25) is 5.02 Å². The van der Waals surface area contributed by atoms with Crippen molar-refractivity contribution < 1.29 is 18.0 Å². The van der Waals surface area contributed by atoms with Gasteiger partial charge in [0.05, 0.1) is 0 Å². The van der Waals surface area contributed by atoms with Crippen LogP contribution in [-0.4, -0.2) is 19.1 Å². The second-order valence-corrected chi connectivity index (χ2v) is 6.02. The summed E-state index contributed by atoms with van der Waals surface area (Å²) in [4.78, 5) is 13.7. The maximum absolute atomic E-state index is 14.0. The number of carbonyl (C=O) groups is 1. The first kappa shape index (κ1) is 15.9. The van der Waals surface area contributed by atoms with Gasteiger partial charge in [-0.1, -0.05) is 41.9 Å². The highest BCUT2D eigenvalue weighted by Gasteiger charge is 2.66. The van der Waals surface area contributed by atoms with Crippen LogP contribution in [0.25, 0.3) is 0 Å². The average Bonchev–Trinajstić information content (AvgIpc) is 2.72. The van der Waals surface area contributed by atoms with E-state index in [0.717, 1.165) is 4.90 Å². The topological polar surface area (TPSA) is 20.3 Å². The van der Waals surface area contributed by atoms with Gasteiger partial charge in [0.2, 0.25) is 5.91 Å². The zero-order chi connectivity index (χ0) is 16.8. The first-order chi connectivity index (χ1) is 10.8. The Morgan fingerprint density at radius 1 is 1.09 bits per heavy atom. The summed E-state index contributed by atoms with van der Waals surface area (Å²) >= 11 is 5.79. The van der Waals surface area contributed by atoms with Crippen LogP contribution in [0, 0.1) is 0 Å². The van der Waals surface area contributed by atoms with Crippen molar-refractivity contribution in [1.82, 2.24) is 0 Å². The Morgan fingerprint density at radius 2 is 1.70 bits per heavy atom. The van der Waals surface area contributed by atoms with Gasteiger partial charge >= 0.3 is 6.18 Å². The van der Waals surface area contributed by atoms with E-state index >= 15 is 0 Å². The summed E-state index contributed by atoms with van der Waals surface area (Å²) in [7, 11) is 1.37. The minimum Gasteiger partial charge on any atom is -0.314 e. The van der Waals surface area contributed by atoms with E-state index < -0.39 is 23.9 Å². The molecule has 1 aliphatic rings. The molecule has 1 amide bonds. The Hall–Kier alpha value is -2.01. The van der Waals surface area contributed by atoms with Gasteiger partial charge in [-0.2, -0.15) is 13.2 Å². The Morgan fingerprint density at radius 3 is 2.30 bits per heavy atom. The van der Waals surface area contributed by atoms with Gasteiger partial charge in [0.25, 0.3) is 0 Å². The Labute approximate surface area is 136 Å². The van der Waals surface area contributed by atoms with Crippen LogP contribution in [0.3, 0.4) is 0 Å². The fraction of sp³-hybridized carbons (Fsp3) is 0.235. The lowest BCUT2D eigenvalue weighted by molar-refractivity contribution is -0.191. The number of amides is 1. The molecule has 0 aliphatic carbocycles. The molecule has 3 rings (SSSR count). The molecule has 6 heteroatoms. The zero-order valence-electron chi connectivity index (χ0n) is 12.2. The number of anilines is 1. The molecule has 1 aliphatic heterocycles. The van der Waals surface area contributed by atoms with Crippen molar-refractivity contribution in [2.24, 2.45) is 0 Å². The van der Waals surface area contributed by atoms with Crippen molar-refractivity contribution >= 4 is 23.2 Å². The smallest absolute Gasteiger partial charge is 0.314 e. The van der Waals surface area contributed by atoms with Crippen LogP contribution in [0.5, 0.6) is 0 Å². The number of carbonyl (C=O) groups excluding carboxylic acids is 1. The van der Waals surface area contributed by atoms with Crippen LogP contribution >= 0.6 is 11.6 Å². The third-order valence-electron chi connectivity index (χ3n) is 4.26. The fourth-order valence-corrected chi connectivity index (χ4v) is 3.22. The van der Waals surface area contributed by atoms with Gasteiger partial charge in [0.1, 0.15) is 0 Å². The third-order valence-corrected chi connectivity index (χ3v) is 4.51. The van der Waals surface area contributed by atoms with Crippen molar-refractivity contribution in [1.29, 1.82) is 0 Å². The number of halogens is 4. The number of hydrogen-bond donors (Lipinski definition) is 0. The number of alkyl halides is 3. The van der Waals surface area contributed by atoms with E-state index in [-0.39, 0.29) is 5.56 Å². The second-order valence-electron chi connectivity index (χ2n) is 5.59. The van der Waals surface area contributed by atoms with Crippen LogP contribution in [0.1, 0.15) is 11.1 Å². The molecule has 0 spiro atoms. The molecule has 120 valence electrons. The number of para-hydroxylation sites is 1. The minimum absolute atomic E-state index is 0.00468. The van der Waals surface area contributed by atoms with Gasteiger partial charge in [0.15, 0.2) is 5.41 Å². The molecular weight excluding hydrogens is 327 g/mol. The quantitative estimate of drug-likeness (QED) is 0.796. The molecule has 2 aromatic carbocycles. The molecule has 0 aromatic heterocycles. The predicted molar refractivity (Wildman–Crippen MR) is 82.7 cm³/mol. The minimum atomic E-state index is -4.70. The van der Waals surface area contributed by atoms with Crippen LogP contribution in [-0.2, 0) is 16.6 Å². The van der Waals surface area contributed by atoms with Crippen molar-refractivity contribution in [2.45, 2.75) is 18.0 Å². The van der Waals surface area contributed by atoms with E-state index in [1.165, 1.54) is 49.5 Å². The van der Waals surface area contributed by atoms with Crippen molar-refractivity contribution in [2.75, 3.05) is 11.9 Å². The van der Waals surface area contributed by atoms with Gasteiger partial charge in [-0.25, -0.2) is 0 Å². The largest absolute Gasteiger partial charge is 0.407 e. The summed E-state index contributed by atoms with van der Waals surface area (Å²) in [6.45, 7) is 0. The van der Waals surface area contributed by atoms with Gasteiger partial charge < -0.3 is 4.90 Å². The van der Waals surface area contributed by atoms with E-state index in [2.05, 4.69) is 0 Å². The molecule has 1 unspecified atom stereocenters. The number of rotatable bonds is 2. The molecule has 2 aromatic rings. The van der Waals surface area contributed by atoms with E-state index in [1.807, 2.05) is 0 Å². The molecule has 0 bridgehead atoms. The van der Waals surface area contributed by atoms with E-state index in [1.54, 1.807) is 6.07 Å². The number of nitrogens with zero attached hydrogens (tertiary/aromatic N) is 1. The van der Waals surface area contributed by atoms with E-state index in [0.29, 0.717) is 16.3 Å². The van der Waals surface area contributed by atoms with Gasteiger partial charge in [-0.05, 0) is 30.2 Å². The molecule has 1 atom stereocenters. The van der Waals surface area contributed by atoms with E-state index in [9.17, 15) is 18.0 Å². The SMILES string of the molecule is CN1C(=O)C(Cc2ccc(Cl)cc2)(C(F)(F)F)c2ccccc21. The fourth-order valence-electron chi connectivity index (χ4n) is 3.09. The van der Waals surface area contributed by atoms with E-state index in [4.69, 9.17) is 11.6 Å². The molecule has 0 saturated heterocycles. The highest BCUT2D eigenvalue weighted by Crippen LogP contribution is 2.52. The Kier molecular flexibility index (Phi) is 3.64. The Balaban J connectivity index is 2.19. The first-order valence-electron chi connectivity index (χ1n) is 6.96. The maximum atomic E-state index is 14.0. The average molecular weight is 340 g/mol. The maximum Gasteiger partial charge on any atom is 0.407 e. The molecule has 23 heavy (non-hydrogen) atoms. The van der Waals surface area contributed by atoms with Gasteiger partial charge in [-0.3, -0.25) is 4.79 Å². The number of hydrogen-bond acceptors (Lipinski definition) is 1. The highest BCUT2D eigenvalue weighted by molar-refractivity contribution is 6.30. The predicted octanol–water partition coefficient (Wildman–Crippen LogP) is 4.36. The van der Waals surface area contributed by atoms with Crippen LogP contribution < -0.4 is 4.90 Å². The number of fused-ring (bicyclic) bond motifs is 1. The summed E-state index contributed by atoms with van der Waals surface area (Å²) in [6.07, 6.45) is -5.15. The summed E-state index contributed by atoms with van der Waals surface area (Å²) in [5, 5.41) is 0.435. The summed E-state index contributed by atoms with van der Waals surface area (Å²) in [5.74, 6) is -0.957. The standard InChI is InChI=1S/C17H13ClF3NO/c1-22-14-5-3-2-4-13(14)16(15(22)23,17(19,20)21)10-11-6-8-12(18)9-7-11/h2-9H,10H2,1H3. The summed E-state index contributed by atoms with van der Waals surface area (Å²) in [5.41, 5.74) is -1.87. The van der Waals surface area contributed by atoms with Crippen LogP contribution in [0.4, 0.5) is 18.9 Å². The van der Waals surface area contributed by atoms with Crippen molar-refractivity contribution in [3.63, 3.8) is 0 Å². The Bertz CT molecular complexity index is 757. The molecule has 2 nitrogen and oxygen atoms in total. The number of benzene rings is 2.